The number of anilines is 1. The van der Waals surface area contributed by atoms with E-state index < -0.39 is 0 Å². The van der Waals surface area contributed by atoms with Crippen molar-refractivity contribution in [3.8, 4) is 10.6 Å². The van der Waals surface area contributed by atoms with Crippen LogP contribution < -0.4 is 4.90 Å². The maximum absolute atomic E-state index is 4.71. The molecule has 0 radical (unpaired) electrons. The molecule has 0 aliphatic heterocycles. The van der Waals surface area contributed by atoms with Crippen LogP contribution in [0.2, 0.25) is 0 Å². The summed E-state index contributed by atoms with van der Waals surface area (Å²) >= 11 is 4.12. The Balaban J connectivity index is 2.09. The second-order valence-corrected chi connectivity index (χ2v) is 6.95. The van der Waals surface area contributed by atoms with Gasteiger partial charge < -0.3 is 9.30 Å². The average molecular weight is 383 g/mol. The highest BCUT2D eigenvalue weighted by Crippen LogP contribution is 2.32. The molecule has 3 aromatic rings. The first-order chi connectivity index (χ1) is 9.04. The number of thiophene rings is 1. The maximum Gasteiger partial charge on any atom is 0.137 e. The van der Waals surface area contributed by atoms with Crippen LogP contribution in [0.3, 0.4) is 0 Å². The SMILES string of the molecule is Cc1cc2nc(-c3ccc(N(C)C)s3)cn2cc1I. The van der Waals surface area contributed by atoms with Crippen molar-refractivity contribution in [2.75, 3.05) is 19.0 Å². The van der Waals surface area contributed by atoms with E-state index in [4.69, 9.17) is 4.98 Å². The Kier molecular flexibility index (Phi) is 3.26. The summed E-state index contributed by atoms with van der Waals surface area (Å²) < 4.78 is 3.35. The van der Waals surface area contributed by atoms with E-state index in [1.165, 1.54) is 19.0 Å². The maximum atomic E-state index is 4.71. The lowest BCUT2D eigenvalue weighted by atomic mass is 10.3. The van der Waals surface area contributed by atoms with Crippen LogP contribution in [0.1, 0.15) is 5.56 Å². The molecule has 0 saturated carbocycles. The Labute approximate surface area is 130 Å². The minimum atomic E-state index is 1.01. The molecule has 0 bridgehead atoms. The zero-order valence-electron chi connectivity index (χ0n) is 11.0. The molecule has 0 aliphatic carbocycles. The molecule has 0 spiro atoms. The molecule has 98 valence electrons. The summed E-state index contributed by atoms with van der Waals surface area (Å²) in [4.78, 5) is 8.04. The molecule has 0 aliphatic rings. The lowest BCUT2D eigenvalue weighted by Gasteiger charge is -2.06. The smallest absolute Gasteiger partial charge is 0.137 e. The first-order valence-corrected chi connectivity index (χ1v) is 7.86. The number of aryl methyl sites for hydroxylation is 1. The first kappa shape index (κ1) is 12.9. The van der Waals surface area contributed by atoms with Gasteiger partial charge in [0, 0.05) is 30.1 Å². The fourth-order valence-electron chi connectivity index (χ4n) is 1.93. The zero-order valence-corrected chi connectivity index (χ0v) is 14.0. The second kappa shape index (κ2) is 4.79. The van der Waals surface area contributed by atoms with E-state index in [1.54, 1.807) is 11.3 Å². The van der Waals surface area contributed by atoms with Crippen LogP contribution in [0.25, 0.3) is 16.2 Å². The van der Waals surface area contributed by atoms with E-state index in [0.29, 0.717) is 0 Å². The zero-order chi connectivity index (χ0) is 13.6. The molecule has 3 heterocycles. The summed E-state index contributed by atoms with van der Waals surface area (Å²) in [6, 6.07) is 6.41. The van der Waals surface area contributed by atoms with Gasteiger partial charge in [0.2, 0.25) is 0 Å². The summed E-state index contributed by atoms with van der Waals surface area (Å²) in [6.45, 7) is 2.12. The molecule has 0 amide bonds. The number of pyridine rings is 1. The highest BCUT2D eigenvalue weighted by molar-refractivity contribution is 14.1. The van der Waals surface area contributed by atoms with Gasteiger partial charge in [-0.05, 0) is 53.3 Å². The summed E-state index contributed by atoms with van der Waals surface area (Å²) in [6.07, 6.45) is 4.23. The van der Waals surface area contributed by atoms with Gasteiger partial charge in [-0.15, -0.1) is 11.3 Å². The van der Waals surface area contributed by atoms with Gasteiger partial charge in [-0.2, -0.15) is 0 Å². The van der Waals surface area contributed by atoms with Crippen molar-refractivity contribution in [3.05, 3.63) is 39.7 Å². The van der Waals surface area contributed by atoms with E-state index in [2.05, 4.69) is 83.5 Å². The Morgan fingerprint density at radius 1 is 1.26 bits per heavy atom. The molecule has 0 saturated heterocycles. The third-order valence-corrected chi connectivity index (χ3v) is 5.43. The topological polar surface area (TPSA) is 20.5 Å². The number of hydrogen-bond acceptors (Lipinski definition) is 3. The van der Waals surface area contributed by atoms with Crippen LogP contribution in [0.5, 0.6) is 0 Å². The molecule has 0 atom stereocenters. The van der Waals surface area contributed by atoms with Gasteiger partial charge in [-0.1, -0.05) is 0 Å². The first-order valence-electron chi connectivity index (χ1n) is 5.97. The second-order valence-electron chi connectivity index (χ2n) is 4.73. The minimum absolute atomic E-state index is 1.01. The highest BCUT2D eigenvalue weighted by Gasteiger charge is 2.09. The van der Waals surface area contributed by atoms with Crippen LogP contribution >= 0.6 is 33.9 Å². The van der Waals surface area contributed by atoms with Crippen molar-refractivity contribution in [3.63, 3.8) is 0 Å². The van der Waals surface area contributed by atoms with Gasteiger partial charge in [0.25, 0.3) is 0 Å². The van der Waals surface area contributed by atoms with Gasteiger partial charge in [0.1, 0.15) is 5.65 Å². The van der Waals surface area contributed by atoms with Crippen molar-refractivity contribution in [2.24, 2.45) is 0 Å². The molecule has 3 rings (SSSR count). The Morgan fingerprint density at radius 2 is 2.05 bits per heavy atom. The quantitative estimate of drug-likeness (QED) is 0.623. The monoisotopic (exact) mass is 383 g/mol. The minimum Gasteiger partial charge on any atom is -0.370 e. The molecule has 3 nitrogen and oxygen atoms in total. The van der Waals surface area contributed by atoms with E-state index in [1.807, 2.05) is 0 Å². The number of rotatable bonds is 2. The summed E-state index contributed by atoms with van der Waals surface area (Å²) in [5, 5.41) is 1.25. The van der Waals surface area contributed by atoms with Crippen molar-refractivity contribution >= 4 is 44.6 Å². The molecule has 3 aromatic heterocycles. The lowest BCUT2D eigenvalue weighted by molar-refractivity contribution is 1.15. The van der Waals surface area contributed by atoms with Crippen LogP contribution in [0.15, 0.2) is 30.6 Å². The Morgan fingerprint density at radius 3 is 2.74 bits per heavy atom. The number of fused-ring (bicyclic) bond motifs is 1. The van der Waals surface area contributed by atoms with Gasteiger partial charge in [-0.3, -0.25) is 0 Å². The van der Waals surface area contributed by atoms with Crippen molar-refractivity contribution in [2.45, 2.75) is 6.92 Å². The van der Waals surface area contributed by atoms with Gasteiger partial charge in [-0.25, -0.2) is 4.98 Å². The number of imidazole rings is 1. The number of nitrogens with zero attached hydrogens (tertiary/aromatic N) is 3. The van der Waals surface area contributed by atoms with Crippen molar-refractivity contribution in [1.82, 2.24) is 9.38 Å². The average Bonchev–Trinajstić information content (AvgIpc) is 2.95. The molecule has 19 heavy (non-hydrogen) atoms. The highest BCUT2D eigenvalue weighted by atomic mass is 127. The lowest BCUT2D eigenvalue weighted by Crippen LogP contribution is -2.05. The Bertz CT molecular complexity index is 703. The van der Waals surface area contributed by atoms with E-state index >= 15 is 0 Å². The summed E-state index contributed by atoms with van der Waals surface area (Å²) in [7, 11) is 4.12. The Hall–Kier alpha value is -1.08. The van der Waals surface area contributed by atoms with Crippen LogP contribution in [0, 0.1) is 10.5 Å². The standard InChI is InChI=1S/C14H14IN3S/c1-9-6-13-16-11(8-18(13)7-10(9)15)12-4-5-14(19-12)17(2)3/h4-8H,1-3H3. The van der Waals surface area contributed by atoms with Crippen LogP contribution in [-0.4, -0.2) is 23.5 Å². The van der Waals surface area contributed by atoms with Crippen molar-refractivity contribution < 1.29 is 0 Å². The molecular formula is C14H14IN3S. The van der Waals surface area contributed by atoms with Crippen LogP contribution in [-0.2, 0) is 0 Å². The van der Waals surface area contributed by atoms with Crippen molar-refractivity contribution in [1.29, 1.82) is 0 Å². The fourth-order valence-corrected chi connectivity index (χ4v) is 3.27. The summed E-state index contributed by atoms with van der Waals surface area (Å²) in [5.74, 6) is 0. The molecule has 0 aromatic carbocycles. The van der Waals surface area contributed by atoms with E-state index in [0.717, 1.165) is 11.3 Å². The molecule has 5 heteroatoms. The van der Waals surface area contributed by atoms with Gasteiger partial charge in [0.15, 0.2) is 0 Å². The molecule has 0 N–H and O–H groups in total. The largest absolute Gasteiger partial charge is 0.370 e. The molecular weight excluding hydrogens is 369 g/mol. The van der Waals surface area contributed by atoms with Gasteiger partial charge >= 0.3 is 0 Å². The number of aromatic nitrogens is 2. The normalized spacial score (nSPS) is 11.2. The molecule has 0 fully saturated rings. The number of hydrogen-bond donors (Lipinski definition) is 0. The third-order valence-electron chi connectivity index (χ3n) is 3.02. The molecule has 0 unspecified atom stereocenters. The predicted octanol–water partition coefficient (Wildman–Crippen LogP) is 4.04. The van der Waals surface area contributed by atoms with Crippen LogP contribution in [0.4, 0.5) is 5.00 Å². The van der Waals surface area contributed by atoms with Gasteiger partial charge in [0.05, 0.1) is 15.6 Å². The van der Waals surface area contributed by atoms with E-state index in [-0.39, 0.29) is 0 Å². The number of halogens is 1. The summed E-state index contributed by atoms with van der Waals surface area (Å²) in [5.41, 5.74) is 3.32. The fraction of sp³-hybridized carbons (Fsp3) is 0.214. The van der Waals surface area contributed by atoms with E-state index in [9.17, 15) is 0 Å². The predicted molar refractivity (Wildman–Crippen MR) is 90.3 cm³/mol. The third kappa shape index (κ3) is 2.36.